The monoisotopic (exact) mass is 349 g/mol. The molecular weight excluding hydrogens is 329 g/mol. The van der Waals surface area contributed by atoms with E-state index >= 15 is 0 Å². The zero-order chi connectivity index (χ0) is 15.5. The molecule has 0 saturated carbocycles. The largest absolute Gasteiger partial charge is 0.243 e. The number of benzene rings is 1. The number of rotatable bonds is 5. The summed E-state index contributed by atoms with van der Waals surface area (Å²) in [6, 6.07) is 4.79. The van der Waals surface area contributed by atoms with E-state index < -0.39 is 10.0 Å². The van der Waals surface area contributed by atoms with E-state index in [0.717, 1.165) is 24.8 Å². The average molecular weight is 350 g/mol. The lowest BCUT2D eigenvalue weighted by Gasteiger charge is -2.31. The lowest BCUT2D eigenvalue weighted by molar-refractivity contribution is 0.262. The second-order valence-corrected chi connectivity index (χ2v) is 8.14. The van der Waals surface area contributed by atoms with Crippen molar-refractivity contribution in [3.63, 3.8) is 0 Å². The number of piperidine rings is 1. The highest BCUT2D eigenvalue weighted by Gasteiger charge is 2.29. The fraction of sp³-hybridized carbons (Fsp3) is 0.600. The van der Waals surface area contributed by atoms with E-state index in [1.54, 1.807) is 16.4 Å². The first-order chi connectivity index (χ1) is 9.98. The molecule has 0 N–H and O–H groups in total. The van der Waals surface area contributed by atoms with Crippen molar-refractivity contribution in [1.82, 2.24) is 4.31 Å². The van der Waals surface area contributed by atoms with Crippen LogP contribution >= 0.6 is 23.2 Å². The third-order valence-electron chi connectivity index (χ3n) is 4.08. The second kappa shape index (κ2) is 7.32. The minimum absolute atomic E-state index is 0.260. The van der Waals surface area contributed by atoms with Gasteiger partial charge in [-0.3, -0.25) is 0 Å². The Morgan fingerprint density at radius 1 is 1.29 bits per heavy atom. The Balaban J connectivity index is 2.14. The minimum atomic E-state index is -3.44. The molecule has 21 heavy (non-hydrogen) atoms. The van der Waals surface area contributed by atoms with Crippen LogP contribution in [0.1, 0.15) is 38.2 Å². The molecule has 1 aliphatic rings. The van der Waals surface area contributed by atoms with Crippen LogP contribution in [0, 0.1) is 5.92 Å². The summed E-state index contributed by atoms with van der Waals surface area (Å²) in [5.41, 5.74) is 0.749. The van der Waals surface area contributed by atoms with Gasteiger partial charge < -0.3 is 0 Å². The maximum atomic E-state index is 12.6. The SMILES string of the molecule is CCCC1CCN(S(=O)(=O)c2ccc(CCl)c(Cl)c2)CC1. The van der Waals surface area contributed by atoms with Gasteiger partial charge in [0.1, 0.15) is 0 Å². The smallest absolute Gasteiger partial charge is 0.207 e. The summed E-state index contributed by atoms with van der Waals surface area (Å²) in [6.07, 6.45) is 4.23. The van der Waals surface area contributed by atoms with Crippen molar-refractivity contribution >= 4 is 33.2 Å². The quantitative estimate of drug-likeness (QED) is 0.744. The van der Waals surface area contributed by atoms with Crippen molar-refractivity contribution in [2.24, 2.45) is 5.92 Å². The standard InChI is InChI=1S/C15H21Cl2NO2S/c1-2-3-12-6-8-18(9-7-12)21(19,20)14-5-4-13(11-16)15(17)10-14/h4-5,10,12H,2-3,6-9,11H2,1H3. The number of halogens is 2. The van der Waals surface area contributed by atoms with Crippen molar-refractivity contribution in [3.8, 4) is 0 Å². The van der Waals surface area contributed by atoms with Crippen molar-refractivity contribution in [3.05, 3.63) is 28.8 Å². The van der Waals surface area contributed by atoms with E-state index in [-0.39, 0.29) is 10.8 Å². The Labute approximate surface area is 137 Å². The normalized spacial score (nSPS) is 18.0. The van der Waals surface area contributed by atoms with Crippen molar-refractivity contribution in [2.45, 2.75) is 43.4 Å². The van der Waals surface area contributed by atoms with Crippen molar-refractivity contribution < 1.29 is 8.42 Å². The van der Waals surface area contributed by atoms with Gasteiger partial charge in [0.25, 0.3) is 0 Å². The van der Waals surface area contributed by atoms with Gasteiger partial charge in [0, 0.05) is 24.0 Å². The second-order valence-electron chi connectivity index (χ2n) is 5.52. The van der Waals surface area contributed by atoms with Crippen molar-refractivity contribution in [1.29, 1.82) is 0 Å². The number of hydrogen-bond acceptors (Lipinski definition) is 2. The topological polar surface area (TPSA) is 37.4 Å². The van der Waals surface area contributed by atoms with E-state index in [4.69, 9.17) is 23.2 Å². The molecule has 0 spiro atoms. The van der Waals surface area contributed by atoms with Gasteiger partial charge in [-0.2, -0.15) is 4.31 Å². The molecule has 0 aromatic heterocycles. The van der Waals surface area contributed by atoms with Crippen LogP contribution in [0.2, 0.25) is 5.02 Å². The van der Waals surface area contributed by atoms with Crippen LogP contribution < -0.4 is 0 Å². The predicted octanol–water partition coefficient (Wildman–Crippen LogP) is 4.28. The average Bonchev–Trinajstić information content (AvgIpc) is 2.48. The van der Waals surface area contributed by atoms with E-state index in [2.05, 4.69) is 6.92 Å². The summed E-state index contributed by atoms with van der Waals surface area (Å²) in [5, 5.41) is 0.409. The molecule has 0 amide bonds. The summed E-state index contributed by atoms with van der Waals surface area (Å²) in [5.74, 6) is 0.936. The van der Waals surface area contributed by atoms with Gasteiger partial charge in [-0.05, 0) is 36.5 Å². The fourth-order valence-corrected chi connectivity index (χ4v) is 4.90. The lowest BCUT2D eigenvalue weighted by Crippen LogP contribution is -2.38. The molecule has 0 radical (unpaired) electrons. The van der Waals surface area contributed by atoms with Gasteiger partial charge in [0.15, 0.2) is 0 Å². The highest BCUT2D eigenvalue weighted by Crippen LogP contribution is 2.28. The molecule has 1 fully saturated rings. The number of hydrogen-bond donors (Lipinski definition) is 0. The molecule has 1 aliphatic heterocycles. The van der Waals surface area contributed by atoms with Gasteiger partial charge in [0.05, 0.1) is 4.90 Å². The van der Waals surface area contributed by atoms with E-state index in [0.29, 0.717) is 24.0 Å². The molecule has 1 aromatic carbocycles. The van der Waals surface area contributed by atoms with Crippen LogP contribution in [0.25, 0.3) is 0 Å². The Kier molecular flexibility index (Phi) is 5.95. The van der Waals surface area contributed by atoms with Gasteiger partial charge in [0.2, 0.25) is 10.0 Å². The van der Waals surface area contributed by atoms with Crippen LogP contribution in [-0.4, -0.2) is 25.8 Å². The Morgan fingerprint density at radius 2 is 1.95 bits per heavy atom. The Bertz CT molecular complexity index is 581. The van der Waals surface area contributed by atoms with Gasteiger partial charge in [-0.25, -0.2) is 8.42 Å². The molecule has 0 unspecified atom stereocenters. The van der Waals surface area contributed by atoms with Crippen molar-refractivity contribution in [2.75, 3.05) is 13.1 Å². The van der Waals surface area contributed by atoms with Crippen LogP contribution in [-0.2, 0) is 15.9 Å². The third-order valence-corrected chi connectivity index (χ3v) is 6.61. The van der Waals surface area contributed by atoms with Crippen LogP contribution in [0.5, 0.6) is 0 Å². The number of nitrogens with zero attached hydrogens (tertiary/aromatic N) is 1. The molecule has 0 atom stereocenters. The first kappa shape index (κ1) is 17.1. The molecule has 0 bridgehead atoms. The van der Waals surface area contributed by atoms with Crippen LogP contribution in [0.15, 0.2) is 23.1 Å². The fourth-order valence-electron chi connectivity index (χ4n) is 2.79. The maximum absolute atomic E-state index is 12.6. The minimum Gasteiger partial charge on any atom is -0.207 e. The maximum Gasteiger partial charge on any atom is 0.243 e. The molecule has 3 nitrogen and oxygen atoms in total. The first-order valence-corrected chi connectivity index (χ1v) is 9.68. The lowest BCUT2D eigenvalue weighted by atomic mass is 9.94. The molecule has 1 aromatic rings. The summed E-state index contributed by atoms with van der Waals surface area (Å²) in [6.45, 7) is 3.37. The van der Waals surface area contributed by atoms with Gasteiger partial charge in [-0.15, -0.1) is 11.6 Å². The van der Waals surface area contributed by atoms with Gasteiger partial charge >= 0.3 is 0 Å². The molecule has 1 heterocycles. The summed E-state index contributed by atoms with van der Waals surface area (Å²) in [4.78, 5) is 0.260. The van der Waals surface area contributed by atoms with Gasteiger partial charge in [-0.1, -0.05) is 37.4 Å². The number of sulfonamides is 1. The van der Waals surface area contributed by atoms with E-state index in [1.165, 1.54) is 12.5 Å². The van der Waals surface area contributed by atoms with E-state index in [1.807, 2.05) is 0 Å². The highest BCUT2D eigenvalue weighted by atomic mass is 35.5. The molecule has 118 valence electrons. The molecule has 1 saturated heterocycles. The molecule has 2 rings (SSSR count). The van der Waals surface area contributed by atoms with E-state index in [9.17, 15) is 8.42 Å². The molecule has 6 heteroatoms. The summed E-state index contributed by atoms with van der Waals surface area (Å²) in [7, 11) is -3.44. The Hall–Kier alpha value is -0.290. The summed E-state index contributed by atoms with van der Waals surface area (Å²) < 4.78 is 26.9. The molecule has 0 aliphatic carbocycles. The number of alkyl halides is 1. The predicted molar refractivity (Wildman–Crippen MR) is 87.4 cm³/mol. The summed E-state index contributed by atoms with van der Waals surface area (Å²) >= 11 is 11.8. The van der Waals surface area contributed by atoms with Crippen LogP contribution in [0.3, 0.4) is 0 Å². The zero-order valence-electron chi connectivity index (χ0n) is 12.2. The highest BCUT2D eigenvalue weighted by molar-refractivity contribution is 7.89. The first-order valence-electron chi connectivity index (χ1n) is 7.33. The molecular formula is C15H21Cl2NO2S. The zero-order valence-corrected chi connectivity index (χ0v) is 14.5. The van der Waals surface area contributed by atoms with Crippen LogP contribution in [0.4, 0.5) is 0 Å². The Morgan fingerprint density at radius 3 is 2.48 bits per heavy atom. The third kappa shape index (κ3) is 3.92.